The second-order valence-electron chi connectivity index (χ2n) is 4.75. The van der Waals surface area contributed by atoms with Gasteiger partial charge in [0.25, 0.3) is 0 Å². The average molecular weight is 236 g/mol. The summed E-state index contributed by atoms with van der Waals surface area (Å²) in [6.45, 7) is 4.65. The Kier molecular flexibility index (Phi) is 4.07. The number of nitrogens with zero attached hydrogens (tertiary/aromatic N) is 2. The standard InChI is InChI=1S/C13H20N2O2/c1-9-8-12(10(2)15-14-9)13(16)6-5-11-4-3-7-17-11/h8,11,13,16H,3-7H2,1-2H3. The molecule has 0 bridgehead atoms. The van der Waals surface area contributed by atoms with Gasteiger partial charge < -0.3 is 9.84 Å². The summed E-state index contributed by atoms with van der Waals surface area (Å²) >= 11 is 0. The number of aryl methyl sites for hydroxylation is 2. The molecule has 1 aromatic heterocycles. The predicted octanol–water partition coefficient (Wildman–Crippen LogP) is 2.09. The Labute approximate surface area is 102 Å². The fourth-order valence-corrected chi connectivity index (χ4v) is 2.28. The van der Waals surface area contributed by atoms with E-state index in [0.717, 1.165) is 49.2 Å². The van der Waals surface area contributed by atoms with Gasteiger partial charge in [0.2, 0.25) is 0 Å². The Bertz CT molecular complexity index is 376. The van der Waals surface area contributed by atoms with Crippen molar-refractivity contribution in [3.63, 3.8) is 0 Å². The molecule has 2 atom stereocenters. The average Bonchev–Trinajstić information content (AvgIpc) is 2.82. The molecular weight excluding hydrogens is 216 g/mol. The molecule has 2 unspecified atom stereocenters. The van der Waals surface area contributed by atoms with Gasteiger partial charge in [-0.25, -0.2) is 0 Å². The maximum Gasteiger partial charge on any atom is 0.0809 e. The summed E-state index contributed by atoms with van der Waals surface area (Å²) in [4.78, 5) is 0. The summed E-state index contributed by atoms with van der Waals surface area (Å²) in [5.41, 5.74) is 2.56. The first kappa shape index (κ1) is 12.5. The van der Waals surface area contributed by atoms with Crippen molar-refractivity contribution in [2.24, 2.45) is 0 Å². The summed E-state index contributed by atoms with van der Waals surface area (Å²) in [5, 5.41) is 18.2. The largest absolute Gasteiger partial charge is 0.388 e. The summed E-state index contributed by atoms with van der Waals surface area (Å²) in [6.07, 6.45) is 3.81. The van der Waals surface area contributed by atoms with Gasteiger partial charge in [0.05, 0.1) is 23.6 Å². The Morgan fingerprint density at radius 3 is 3.00 bits per heavy atom. The van der Waals surface area contributed by atoms with Crippen molar-refractivity contribution in [1.82, 2.24) is 10.2 Å². The van der Waals surface area contributed by atoms with Crippen molar-refractivity contribution in [1.29, 1.82) is 0 Å². The lowest BCUT2D eigenvalue weighted by molar-refractivity contribution is 0.0809. The zero-order valence-corrected chi connectivity index (χ0v) is 10.5. The molecule has 4 nitrogen and oxygen atoms in total. The Balaban J connectivity index is 1.93. The van der Waals surface area contributed by atoms with E-state index in [4.69, 9.17) is 4.74 Å². The van der Waals surface area contributed by atoms with Crippen LogP contribution in [0.1, 0.15) is 48.7 Å². The summed E-state index contributed by atoms with van der Waals surface area (Å²) in [5.74, 6) is 0. The van der Waals surface area contributed by atoms with Crippen LogP contribution in [0.2, 0.25) is 0 Å². The molecule has 1 N–H and O–H groups in total. The van der Waals surface area contributed by atoms with E-state index >= 15 is 0 Å². The van der Waals surface area contributed by atoms with Crippen LogP contribution < -0.4 is 0 Å². The highest BCUT2D eigenvalue weighted by Crippen LogP contribution is 2.25. The van der Waals surface area contributed by atoms with Crippen molar-refractivity contribution in [3.05, 3.63) is 23.0 Å². The monoisotopic (exact) mass is 236 g/mol. The minimum Gasteiger partial charge on any atom is -0.388 e. The van der Waals surface area contributed by atoms with Crippen LogP contribution in [0, 0.1) is 13.8 Å². The topological polar surface area (TPSA) is 55.2 Å². The van der Waals surface area contributed by atoms with E-state index in [1.54, 1.807) is 0 Å². The first-order valence-corrected chi connectivity index (χ1v) is 6.27. The van der Waals surface area contributed by atoms with E-state index < -0.39 is 6.10 Å². The van der Waals surface area contributed by atoms with Crippen LogP contribution in [0.15, 0.2) is 6.07 Å². The Morgan fingerprint density at radius 1 is 1.47 bits per heavy atom. The van der Waals surface area contributed by atoms with Gasteiger partial charge in [-0.1, -0.05) is 0 Å². The number of hydrogen-bond acceptors (Lipinski definition) is 4. The zero-order chi connectivity index (χ0) is 12.3. The fourth-order valence-electron chi connectivity index (χ4n) is 2.28. The van der Waals surface area contributed by atoms with Crippen LogP contribution >= 0.6 is 0 Å². The Morgan fingerprint density at radius 2 is 2.29 bits per heavy atom. The van der Waals surface area contributed by atoms with E-state index in [1.165, 1.54) is 0 Å². The van der Waals surface area contributed by atoms with Crippen LogP contribution in [-0.4, -0.2) is 28.0 Å². The van der Waals surface area contributed by atoms with Crippen molar-refractivity contribution in [3.8, 4) is 0 Å². The zero-order valence-electron chi connectivity index (χ0n) is 10.5. The van der Waals surface area contributed by atoms with E-state index in [-0.39, 0.29) is 0 Å². The molecular formula is C13H20N2O2. The first-order chi connectivity index (χ1) is 8.16. The molecule has 1 saturated heterocycles. The first-order valence-electron chi connectivity index (χ1n) is 6.27. The quantitative estimate of drug-likeness (QED) is 0.869. The summed E-state index contributed by atoms with van der Waals surface area (Å²) in [6, 6.07) is 1.92. The highest BCUT2D eigenvalue weighted by molar-refractivity contribution is 5.22. The molecule has 0 aliphatic carbocycles. The van der Waals surface area contributed by atoms with Crippen LogP contribution in [0.4, 0.5) is 0 Å². The normalized spacial score (nSPS) is 21.7. The van der Waals surface area contributed by atoms with E-state index in [2.05, 4.69) is 10.2 Å². The summed E-state index contributed by atoms with van der Waals surface area (Å²) < 4.78 is 5.55. The lowest BCUT2D eigenvalue weighted by atomic mass is 10.0. The summed E-state index contributed by atoms with van der Waals surface area (Å²) in [7, 11) is 0. The fraction of sp³-hybridized carbons (Fsp3) is 0.692. The molecule has 0 aromatic carbocycles. The molecule has 1 fully saturated rings. The van der Waals surface area contributed by atoms with Crippen molar-refractivity contribution in [2.45, 2.75) is 51.7 Å². The number of aliphatic hydroxyl groups is 1. The maximum absolute atomic E-state index is 10.2. The number of aliphatic hydroxyl groups excluding tert-OH is 1. The molecule has 94 valence electrons. The molecule has 0 spiro atoms. The third-order valence-corrected chi connectivity index (χ3v) is 3.28. The molecule has 1 aromatic rings. The lowest BCUT2D eigenvalue weighted by Gasteiger charge is -2.15. The van der Waals surface area contributed by atoms with E-state index in [1.807, 2.05) is 19.9 Å². The van der Waals surface area contributed by atoms with E-state index in [0.29, 0.717) is 6.10 Å². The van der Waals surface area contributed by atoms with Crippen molar-refractivity contribution in [2.75, 3.05) is 6.61 Å². The molecule has 0 amide bonds. The molecule has 17 heavy (non-hydrogen) atoms. The molecule has 1 aliphatic heterocycles. The van der Waals surface area contributed by atoms with Gasteiger partial charge >= 0.3 is 0 Å². The van der Waals surface area contributed by atoms with Gasteiger partial charge in [-0.05, 0) is 45.6 Å². The second kappa shape index (κ2) is 5.56. The van der Waals surface area contributed by atoms with Gasteiger partial charge in [-0.15, -0.1) is 0 Å². The van der Waals surface area contributed by atoms with Gasteiger partial charge in [0.15, 0.2) is 0 Å². The van der Waals surface area contributed by atoms with Crippen molar-refractivity contribution >= 4 is 0 Å². The van der Waals surface area contributed by atoms with E-state index in [9.17, 15) is 5.11 Å². The minimum absolute atomic E-state index is 0.334. The SMILES string of the molecule is Cc1cc(C(O)CCC2CCCO2)c(C)nn1. The van der Waals surface area contributed by atoms with Crippen LogP contribution in [0.25, 0.3) is 0 Å². The molecule has 1 aliphatic rings. The van der Waals surface area contributed by atoms with Gasteiger partial charge in [0, 0.05) is 12.2 Å². The second-order valence-corrected chi connectivity index (χ2v) is 4.75. The van der Waals surface area contributed by atoms with Gasteiger partial charge in [-0.3, -0.25) is 0 Å². The smallest absolute Gasteiger partial charge is 0.0809 e. The third-order valence-electron chi connectivity index (χ3n) is 3.28. The maximum atomic E-state index is 10.2. The highest BCUT2D eigenvalue weighted by atomic mass is 16.5. The van der Waals surface area contributed by atoms with Gasteiger partial charge in [0.1, 0.15) is 0 Å². The highest BCUT2D eigenvalue weighted by Gasteiger charge is 2.19. The number of aromatic nitrogens is 2. The van der Waals surface area contributed by atoms with Crippen LogP contribution in [-0.2, 0) is 4.74 Å². The number of ether oxygens (including phenoxy) is 1. The lowest BCUT2D eigenvalue weighted by Crippen LogP contribution is -2.10. The predicted molar refractivity (Wildman–Crippen MR) is 64.7 cm³/mol. The molecule has 2 heterocycles. The molecule has 2 rings (SSSR count). The third kappa shape index (κ3) is 3.23. The van der Waals surface area contributed by atoms with Crippen LogP contribution in [0.5, 0.6) is 0 Å². The number of hydrogen-bond donors (Lipinski definition) is 1. The Hall–Kier alpha value is -1.00. The molecule has 4 heteroatoms. The molecule has 0 saturated carbocycles. The minimum atomic E-state index is -0.451. The number of rotatable bonds is 4. The van der Waals surface area contributed by atoms with Crippen LogP contribution in [0.3, 0.4) is 0 Å². The van der Waals surface area contributed by atoms with Crippen molar-refractivity contribution < 1.29 is 9.84 Å². The van der Waals surface area contributed by atoms with Gasteiger partial charge in [-0.2, -0.15) is 10.2 Å². The molecule has 0 radical (unpaired) electrons.